The zero-order chi connectivity index (χ0) is 20.8. The lowest BCUT2D eigenvalue weighted by Crippen LogP contribution is -2.27. The molecule has 6 nitrogen and oxygen atoms in total. The molecule has 1 amide bonds. The minimum Gasteiger partial charge on any atom is -0.496 e. The summed E-state index contributed by atoms with van der Waals surface area (Å²) in [5.74, 6) is 0.589. The Kier molecular flexibility index (Phi) is 5.85. The van der Waals surface area contributed by atoms with E-state index < -0.39 is 0 Å². The van der Waals surface area contributed by atoms with E-state index in [9.17, 15) is 4.79 Å². The average Bonchev–Trinajstić information content (AvgIpc) is 3.27. The van der Waals surface area contributed by atoms with Crippen molar-refractivity contribution in [1.29, 1.82) is 0 Å². The van der Waals surface area contributed by atoms with E-state index in [1.54, 1.807) is 13.3 Å². The van der Waals surface area contributed by atoms with E-state index in [0.29, 0.717) is 18.0 Å². The van der Waals surface area contributed by atoms with Crippen molar-refractivity contribution >= 4 is 5.91 Å². The monoisotopic (exact) mass is 398 g/mol. The maximum atomic E-state index is 12.3. The number of hydrogen-bond donors (Lipinski definition) is 1. The van der Waals surface area contributed by atoms with Crippen molar-refractivity contribution in [2.45, 2.75) is 13.1 Å². The van der Waals surface area contributed by atoms with E-state index >= 15 is 0 Å². The van der Waals surface area contributed by atoms with Gasteiger partial charge in [0.15, 0.2) is 0 Å². The van der Waals surface area contributed by atoms with E-state index in [4.69, 9.17) is 4.74 Å². The summed E-state index contributed by atoms with van der Waals surface area (Å²) in [6.07, 6.45) is 1.74. The van der Waals surface area contributed by atoms with Gasteiger partial charge in [0, 0.05) is 12.1 Å². The summed E-state index contributed by atoms with van der Waals surface area (Å²) in [7, 11) is 1.61. The molecule has 0 aliphatic heterocycles. The molecule has 1 heterocycles. The van der Waals surface area contributed by atoms with E-state index in [0.717, 1.165) is 16.7 Å². The predicted molar refractivity (Wildman–Crippen MR) is 116 cm³/mol. The lowest BCUT2D eigenvalue weighted by molar-refractivity contribution is -0.122. The maximum Gasteiger partial charge on any atom is 0.242 e. The molecule has 0 fully saturated rings. The van der Waals surface area contributed by atoms with E-state index in [-0.39, 0.29) is 12.5 Å². The largest absolute Gasteiger partial charge is 0.496 e. The number of carbonyl (C=O) groups is 1. The van der Waals surface area contributed by atoms with Crippen molar-refractivity contribution in [3.8, 4) is 28.1 Å². The Balaban J connectivity index is 1.34. The minimum atomic E-state index is -0.126. The van der Waals surface area contributed by atoms with Crippen LogP contribution >= 0.6 is 0 Å². The highest BCUT2D eigenvalue weighted by molar-refractivity contribution is 5.76. The van der Waals surface area contributed by atoms with Gasteiger partial charge in [-0.1, -0.05) is 71.9 Å². The van der Waals surface area contributed by atoms with Crippen LogP contribution in [0.1, 0.15) is 5.56 Å². The first kappa shape index (κ1) is 19.4. The van der Waals surface area contributed by atoms with Gasteiger partial charge < -0.3 is 10.1 Å². The first-order chi connectivity index (χ1) is 14.7. The zero-order valence-corrected chi connectivity index (χ0v) is 16.7. The Bertz CT molecular complexity index is 1120. The quantitative estimate of drug-likeness (QED) is 0.512. The van der Waals surface area contributed by atoms with Gasteiger partial charge in [0.05, 0.1) is 13.3 Å². The number of carbonyl (C=O) groups excluding carboxylic acids is 1. The number of amides is 1. The van der Waals surface area contributed by atoms with Gasteiger partial charge in [0.25, 0.3) is 0 Å². The van der Waals surface area contributed by atoms with Gasteiger partial charge in [-0.2, -0.15) is 0 Å². The summed E-state index contributed by atoms with van der Waals surface area (Å²) < 4.78 is 6.88. The molecule has 4 rings (SSSR count). The van der Waals surface area contributed by atoms with Gasteiger partial charge in [-0.25, -0.2) is 4.68 Å². The van der Waals surface area contributed by atoms with Crippen molar-refractivity contribution in [3.63, 3.8) is 0 Å². The van der Waals surface area contributed by atoms with Crippen LogP contribution in [0.25, 0.3) is 22.4 Å². The third-order valence-electron chi connectivity index (χ3n) is 4.78. The van der Waals surface area contributed by atoms with Crippen LogP contribution in [0, 0.1) is 0 Å². The van der Waals surface area contributed by atoms with Crippen LogP contribution < -0.4 is 10.1 Å². The predicted octanol–water partition coefficient (Wildman–Crippen LogP) is 3.94. The van der Waals surface area contributed by atoms with Crippen LogP contribution in [0.15, 0.2) is 85.1 Å². The Hall–Kier alpha value is -3.93. The molecule has 150 valence electrons. The summed E-state index contributed by atoms with van der Waals surface area (Å²) in [5, 5.41) is 11.1. The summed E-state index contributed by atoms with van der Waals surface area (Å²) in [5.41, 5.74) is 4.86. The second-order valence-corrected chi connectivity index (χ2v) is 6.84. The van der Waals surface area contributed by atoms with Gasteiger partial charge in [-0.15, -0.1) is 5.10 Å². The highest BCUT2D eigenvalue weighted by atomic mass is 16.5. The standard InChI is InChI=1S/C24H22N4O2/c1-30-23-10-6-5-9-21(23)22-16-28(27-26-22)17-24(29)25-15-18-11-13-20(14-12-18)19-7-3-2-4-8-19/h2-14,16H,15,17H2,1H3,(H,25,29). The van der Waals surface area contributed by atoms with Crippen molar-refractivity contribution in [1.82, 2.24) is 20.3 Å². The molecule has 0 bridgehead atoms. The molecule has 1 aromatic heterocycles. The third kappa shape index (κ3) is 4.55. The molecule has 0 aliphatic rings. The topological polar surface area (TPSA) is 69.0 Å². The van der Waals surface area contributed by atoms with Gasteiger partial charge in [0.2, 0.25) is 5.91 Å². The van der Waals surface area contributed by atoms with Crippen LogP contribution in [0.5, 0.6) is 5.75 Å². The van der Waals surface area contributed by atoms with Crippen molar-refractivity contribution in [2.24, 2.45) is 0 Å². The van der Waals surface area contributed by atoms with E-state index in [2.05, 4.69) is 39.9 Å². The summed E-state index contributed by atoms with van der Waals surface area (Å²) in [6, 6.07) is 26.0. The molecule has 4 aromatic rings. The number of rotatable bonds is 7. The summed E-state index contributed by atoms with van der Waals surface area (Å²) in [6.45, 7) is 0.562. The summed E-state index contributed by atoms with van der Waals surface area (Å²) >= 11 is 0. The van der Waals surface area contributed by atoms with Crippen molar-refractivity contribution in [2.75, 3.05) is 7.11 Å². The Morgan fingerprint density at radius 1 is 0.933 bits per heavy atom. The lowest BCUT2D eigenvalue weighted by Gasteiger charge is -2.07. The molecule has 0 spiro atoms. The van der Waals surface area contributed by atoms with E-state index in [1.165, 1.54) is 10.2 Å². The van der Waals surface area contributed by atoms with Gasteiger partial charge in [0.1, 0.15) is 18.0 Å². The highest BCUT2D eigenvalue weighted by Gasteiger charge is 2.11. The zero-order valence-electron chi connectivity index (χ0n) is 16.7. The second-order valence-electron chi connectivity index (χ2n) is 6.84. The third-order valence-corrected chi connectivity index (χ3v) is 4.78. The summed E-state index contributed by atoms with van der Waals surface area (Å²) in [4.78, 5) is 12.3. The molecule has 6 heteroatoms. The van der Waals surface area contributed by atoms with Crippen LogP contribution in [-0.2, 0) is 17.9 Å². The molecule has 30 heavy (non-hydrogen) atoms. The number of nitrogens with one attached hydrogen (secondary N) is 1. The van der Waals surface area contributed by atoms with Gasteiger partial charge in [-0.05, 0) is 28.8 Å². The molecule has 0 aliphatic carbocycles. The SMILES string of the molecule is COc1ccccc1-c1cn(CC(=O)NCc2ccc(-c3ccccc3)cc2)nn1. The van der Waals surface area contributed by atoms with Crippen LogP contribution in [0.4, 0.5) is 0 Å². The first-order valence-corrected chi connectivity index (χ1v) is 9.67. The molecule has 0 saturated carbocycles. The first-order valence-electron chi connectivity index (χ1n) is 9.67. The number of hydrogen-bond acceptors (Lipinski definition) is 4. The van der Waals surface area contributed by atoms with Crippen LogP contribution in [-0.4, -0.2) is 28.0 Å². The number of ether oxygens (including phenoxy) is 1. The number of methoxy groups -OCH3 is 1. The molecular weight excluding hydrogens is 376 g/mol. The second kappa shape index (κ2) is 9.05. The lowest BCUT2D eigenvalue weighted by atomic mass is 10.0. The average molecular weight is 398 g/mol. The fourth-order valence-electron chi connectivity index (χ4n) is 3.20. The fourth-order valence-corrected chi connectivity index (χ4v) is 3.20. The maximum absolute atomic E-state index is 12.3. The molecule has 0 unspecified atom stereocenters. The molecule has 0 atom stereocenters. The number of nitrogens with zero attached hydrogens (tertiary/aromatic N) is 3. The number of para-hydroxylation sites is 1. The van der Waals surface area contributed by atoms with Crippen LogP contribution in [0.2, 0.25) is 0 Å². The smallest absolute Gasteiger partial charge is 0.242 e. The fraction of sp³-hybridized carbons (Fsp3) is 0.125. The Morgan fingerprint density at radius 2 is 1.63 bits per heavy atom. The molecule has 0 radical (unpaired) electrons. The highest BCUT2D eigenvalue weighted by Crippen LogP contribution is 2.27. The van der Waals surface area contributed by atoms with Crippen molar-refractivity contribution < 1.29 is 9.53 Å². The number of benzene rings is 3. The van der Waals surface area contributed by atoms with Gasteiger partial charge in [-0.3, -0.25) is 4.79 Å². The van der Waals surface area contributed by atoms with Crippen molar-refractivity contribution in [3.05, 3.63) is 90.6 Å². The molecule has 0 saturated heterocycles. The van der Waals surface area contributed by atoms with Gasteiger partial charge >= 0.3 is 0 Å². The molecule has 3 aromatic carbocycles. The van der Waals surface area contributed by atoms with E-state index in [1.807, 2.05) is 54.6 Å². The molecular formula is C24H22N4O2. The van der Waals surface area contributed by atoms with Crippen LogP contribution in [0.3, 0.4) is 0 Å². The molecule has 1 N–H and O–H groups in total. The Labute approximate surface area is 175 Å². The number of aromatic nitrogens is 3. The normalized spacial score (nSPS) is 10.6. The minimum absolute atomic E-state index is 0.101. The Morgan fingerprint density at radius 3 is 2.40 bits per heavy atom.